The van der Waals surface area contributed by atoms with Crippen LogP contribution in [0.5, 0.6) is 0 Å². The van der Waals surface area contributed by atoms with Crippen molar-refractivity contribution in [2.75, 3.05) is 0 Å². The summed E-state index contributed by atoms with van der Waals surface area (Å²) in [4.78, 5) is 11.7. The maximum Gasteiger partial charge on any atom is 0.136 e. The van der Waals surface area contributed by atoms with E-state index in [1.165, 1.54) is 0 Å². The molecule has 1 fully saturated rings. The van der Waals surface area contributed by atoms with Crippen molar-refractivity contribution < 1.29 is 4.79 Å². The van der Waals surface area contributed by atoms with Gasteiger partial charge in [0, 0.05) is 12.3 Å². The van der Waals surface area contributed by atoms with Crippen LogP contribution in [0.3, 0.4) is 0 Å². The minimum atomic E-state index is 0.186. The van der Waals surface area contributed by atoms with Crippen LogP contribution in [0.2, 0.25) is 0 Å². The second-order valence-corrected chi connectivity index (χ2v) is 6.64. The summed E-state index contributed by atoms with van der Waals surface area (Å²) >= 11 is 0. The lowest BCUT2D eigenvalue weighted by Gasteiger charge is -2.36. The molecule has 0 amide bonds. The van der Waals surface area contributed by atoms with Crippen LogP contribution >= 0.6 is 0 Å². The molecule has 0 saturated heterocycles. The number of Topliss-reactive ketones (excluding diaryl/α,β-unsaturated/α-hetero) is 1. The molecule has 1 nitrogen and oxygen atoms in total. The quantitative estimate of drug-likeness (QED) is 0.604. The Bertz CT molecular complexity index is 220. The molecule has 0 aliphatic heterocycles. The number of carbonyl (C=O) groups is 1. The second-order valence-electron chi connectivity index (χ2n) is 6.64. The maximum atomic E-state index is 11.7. The van der Waals surface area contributed by atoms with E-state index < -0.39 is 0 Å². The van der Waals surface area contributed by atoms with Crippen molar-refractivity contribution >= 4 is 5.78 Å². The van der Waals surface area contributed by atoms with Crippen molar-refractivity contribution in [3.63, 3.8) is 0 Å². The molecule has 0 N–H and O–H groups in total. The van der Waals surface area contributed by atoms with Gasteiger partial charge in [-0.05, 0) is 30.1 Å². The molecule has 1 unspecified atom stereocenters. The fourth-order valence-corrected chi connectivity index (χ4v) is 3.13. The Hall–Kier alpha value is -0.330. The van der Waals surface area contributed by atoms with Crippen LogP contribution in [0.1, 0.15) is 88.0 Å². The molecule has 1 aliphatic carbocycles. The molecule has 1 heteroatoms. The van der Waals surface area contributed by atoms with E-state index in [1.54, 1.807) is 0 Å². The lowest BCUT2D eigenvalue weighted by atomic mass is 9.68. The van der Waals surface area contributed by atoms with E-state index >= 15 is 0 Å². The predicted octanol–water partition coefficient (Wildman–Crippen LogP) is 5.87. The monoisotopic (exact) mass is 256 g/mol. The molecular weight excluding hydrogens is 220 g/mol. The predicted molar refractivity (Wildman–Crippen MR) is 82.9 cm³/mol. The van der Waals surface area contributed by atoms with E-state index in [1.807, 2.05) is 27.7 Å². The molecule has 0 aromatic rings. The molecule has 110 valence electrons. The van der Waals surface area contributed by atoms with Gasteiger partial charge in [0.05, 0.1) is 0 Å². The summed E-state index contributed by atoms with van der Waals surface area (Å²) in [5.74, 6) is 0.820. The summed E-state index contributed by atoms with van der Waals surface area (Å²) < 4.78 is 0. The first kappa shape index (κ1) is 20.0. The van der Waals surface area contributed by atoms with E-state index in [4.69, 9.17) is 0 Å². The van der Waals surface area contributed by atoms with Gasteiger partial charge in [0.2, 0.25) is 0 Å². The number of rotatable bonds is 2. The Morgan fingerprint density at radius 3 is 1.72 bits per heavy atom. The minimum Gasteiger partial charge on any atom is -0.299 e. The van der Waals surface area contributed by atoms with Crippen LogP contribution in [0.15, 0.2) is 0 Å². The van der Waals surface area contributed by atoms with Crippen LogP contribution < -0.4 is 0 Å². The van der Waals surface area contributed by atoms with E-state index in [9.17, 15) is 4.79 Å². The number of hydrogen-bond acceptors (Lipinski definition) is 1. The van der Waals surface area contributed by atoms with Crippen LogP contribution in [-0.2, 0) is 4.79 Å². The molecule has 0 heterocycles. The average Bonchev–Trinajstić information content (AvgIpc) is 2.68. The summed E-state index contributed by atoms with van der Waals surface area (Å²) in [5.41, 5.74) is 0.512. The Balaban J connectivity index is 0. The van der Waals surface area contributed by atoms with Gasteiger partial charge in [-0.25, -0.2) is 0 Å². The zero-order chi connectivity index (χ0) is 15.0. The maximum absolute atomic E-state index is 11.7. The Labute approximate surface area is 116 Å². The van der Waals surface area contributed by atoms with Gasteiger partial charge in [0.25, 0.3) is 0 Å². The minimum absolute atomic E-state index is 0.186. The van der Waals surface area contributed by atoms with Gasteiger partial charge in [-0.15, -0.1) is 0 Å². The lowest BCUT2D eigenvalue weighted by molar-refractivity contribution is -0.124. The smallest absolute Gasteiger partial charge is 0.136 e. The number of ketones is 1. The Morgan fingerprint density at radius 2 is 1.44 bits per heavy atom. The molecule has 1 aliphatic rings. The van der Waals surface area contributed by atoms with Gasteiger partial charge in [-0.2, -0.15) is 0 Å². The second kappa shape index (κ2) is 8.72. The van der Waals surface area contributed by atoms with Gasteiger partial charge in [0.1, 0.15) is 5.78 Å². The van der Waals surface area contributed by atoms with E-state index in [2.05, 4.69) is 34.6 Å². The largest absolute Gasteiger partial charge is 0.299 e. The SMILES string of the molecule is CC.CC.CC(C)(C)CC(C)(C)C1CCCC1=O. The topological polar surface area (TPSA) is 17.1 Å². The zero-order valence-corrected chi connectivity index (χ0v) is 14.3. The Morgan fingerprint density at radius 1 is 1.00 bits per heavy atom. The molecular formula is C17H36O. The number of carbonyl (C=O) groups excluding carboxylic acids is 1. The van der Waals surface area contributed by atoms with Crippen molar-refractivity contribution in [1.29, 1.82) is 0 Å². The molecule has 0 radical (unpaired) electrons. The van der Waals surface area contributed by atoms with E-state index in [0.717, 1.165) is 25.7 Å². The fourth-order valence-electron chi connectivity index (χ4n) is 3.13. The van der Waals surface area contributed by atoms with Crippen molar-refractivity contribution in [1.82, 2.24) is 0 Å². The Kier molecular flexibility index (Phi) is 9.68. The van der Waals surface area contributed by atoms with Gasteiger partial charge in [-0.3, -0.25) is 4.79 Å². The highest BCUT2D eigenvalue weighted by Crippen LogP contribution is 2.44. The normalized spacial score (nSPS) is 19.6. The van der Waals surface area contributed by atoms with Crippen molar-refractivity contribution in [2.45, 2.75) is 88.0 Å². The lowest BCUT2D eigenvalue weighted by Crippen LogP contribution is -2.31. The molecule has 0 bridgehead atoms. The molecule has 1 atom stereocenters. The summed E-state index contributed by atoms with van der Waals surface area (Å²) in [7, 11) is 0. The summed E-state index contributed by atoms with van der Waals surface area (Å²) in [5, 5.41) is 0. The van der Waals surface area contributed by atoms with Gasteiger partial charge < -0.3 is 0 Å². The summed E-state index contributed by atoms with van der Waals surface area (Å²) in [6.07, 6.45) is 4.17. The fraction of sp³-hybridized carbons (Fsp3) is 0.941. The van der Waals surface area contributed by atoms with Crippen molar-refractivity contribution in [2.24, 2.45) is 16.7 Å². The van der Waals surface area contributed by atoms with Gasteiger partial charge >= 0.3 is 0 Å². The first-order valence-electron chi connectivity index (χ1n) is 7.75. The summed E-state index contributed by atoms with van der Waals surface area (Å²) in [6.45, 7) is 19.3. The van der Waals surface area contributed by atoms with Crippen LogP contribution in [0.25, 0.3) is 0 Å². The first-order chi connectivity index (χ1) is 8.22. The average molecular weight is 256 g/mol. The highest BCUT2D eigenvalue weighted by atomic mass is 16.1. The molecule has 18 heavy (non-hydrogen) atoms. The number of hydrogen-bond donors (Lipinski definition) is 0. The standard InChI is InChI=1S/C13H24O.2C2H6/c1-12(2,3)9-13(4,5)10-7-6-8-11(10)14;2*1-2/h10H,6-9H2,1-5H3;2*1-2H3. The van der Waals surface area contributed by atoms with Gasteiger partial charge in [0.15, 0.2) is 0 Å². The van der Waals surface area contributed by atoms with Crippen LogP contribution in [0, 0.1) is 16.7 Å². The van der Waals surface area contributed by atoms with Crippen molar-refractivity contribution in [3.05, 3.63) is 0 Å². The molecule has 1 rings (SSSR count). The first-order valence-corrected chi connectivity index (χ1v) is 7.75. The van der Waals surface area contributed by atoms with Crippen LogP contribution in [-0.4, -0.2) is 5.78 Å². The van der Waals surface area contributed by atoms with E-state index in [-0.39, 0.29) is 5.41 Å². The molecule has 0 aromatic carbocycles. The molecule has 1 saturated carbocycles. The van der Waals surface area contributed by atoms with Gasteiger partial charge in [-0.1, -0.05) is 62.3 Å². The highest BCUT2D eigenvalue weighted by Gasteiger charge is 2.39. The zero-order valence-electron chi connectivity index (χ0n) is 14.3. The third-order valence-electron chi connectivity index (χ3n) is 3.23. The van der Waals surface area contributed by atoms with Crippen LogP contribution in [0.4, 0.5) is 0 Å². The molecule has 0 spiro atoms. The highest BCUT2D eigenvalue weighted by molar-refractivity contribution is 5.83. The van der Waals surface area contributed by atoms with Crippen molar-refractivity contribution in [3.8, 4) is 0 Å². The summed E-state index contributed by atoms with van der Waals surface area (Å²) in [6, 6.07) is 0. The molecule has 0 aromatic heterocycles. The third-order valence-corrected chi connectivity index (χ3v) is 3.23. The third kappa shape index (κ3) is 7.18. The van der Waals surface area contributed by atoms with E-state index in [0.29, 0.717) is 17.1 Å².